The van der Waals surface area contributed by atoms with Gasteiger partial charge in [-0.05, 0) is 31.2 Å². The van der Waals surface area contributed by atoms with Gasteiger partial charge in [0.2, 0.25) is 0 Å². The standard InChI is InChI=1S/C21H25N5O/c1-16-3-5-17(6-4-16)21-22-20(23-24-21)15-25-11-13-26(14-12-25)18-7-9-19(27-2)10-8-18/h3-10H,11-15H2,1-2H3,(H,22,23,24). The maximum absolute atomic E-state index is 5.24. The van der Waals surface area contributed by atoms with E-state index in [0.717, 1.165) is 55.7 Å². The van der Waals surface area contributed by atoms with Crippen molar-refractivity contribution in [3.05, 3.63) is 59.9 Å². The van der Waals surface area contributed by atoms with Crippen LogP contribution in [0.3, 0.4) is 0 Å². The molecule has 1 N–H and O–H groups in total. The zero-order valence-corrected chi connectivity index (χ0v) is 15.9. The van der Waals surface area contributed by atoms with E-state index in [1.807, 2.05) is 12.1 Å². The summed E-state index contributed by atoms with van der Waals surface area (Å²) in [6, 6.07) is 16.6. The number of benzene rings is 2. The number of aromatic amines is 1. The summed E-state index contributed by atoms with van der Waals surface area (Å²) in [7, 11) is 1.70. The molecule has 0 unspecified atom stereocenters. The van der Waals surface area contributed by atoms with Crippen molar-refractivity contribution in [2.45, 2.75) is 13.5 Å². The van der Waals surface area contributed by atoms with Gasteiger partial charge in [0.1, 0.15) is 11.6 Å². The van der Waals surface area contributed by atoms with Gasteiger partial charge in [-0.25, -0.2) is 4.98 Å². The minimum atomic E-state index is 0.766. The summed E-state index contributed by atoms with van der Waals surface area (Å²) in [5.41, 5.74) is 3.54. The lowest BCUT2D eigenvalue weighted by molar-refractivity contribution is 0.244. The Bertz CT molecular complexity index is 864. The Morgan fingerprint density at radius 2 is 1.67 bits per heavy atom. The summed E-state index contributed by atoms with van der Waals surface area (Å²) in [5.74, 6) is 2.58. The average Bonchev–Trinajstić information content (AvgIpc) is 3.18. The summed E-state index contributed by atoms with van der Waals surface area (Å²) >= 11 is 0. The van der Waals surface area contributed by atoms with Gasteiger partial charge in [0.15, 0.2) is 5.82 Å². The predicted octanol–water partition coefficient (Wildman–Crippen LogP) is 3.11. The predicted molar refractivity (Wildman–Crippen MR) is 107 cm³/mol. The molecule has 0 saturated carbocycles. The normalized spacial score (nSPS) is 15.1. The van der Waals surface area contributed by atoms with Gasteiger partial charge in [-0.1, -0.05) is 29.8 Å². The first-order chi connectivity index (χ1) is 13.2. The molecule has 1 fully saturated rings. The first kappa shape index (κ1) is 17.5. The van der Waals surface area contributed by atoms with Crippen LogP contribution in [0.25, 0.3) is 11.4 Å². The summed E-state index contributed by atoms with van der Waals surface area (Å²) in [4.78, 5) is 9.49. The molecule has 1 saturated heterocycles. The summed E-state index contributed by atoms with van der Waals surface area (Å²) in [6.07, 6.45) is 0. The quantitative estimate of drug-likeness (QED) is 0.755. The zero-order valence-electron chi connectivity index (χ0n) is 15.9. The molecule has 1 aliphatic heterocycles. The number of H-pyrrole nitrogens is 1. The third-order valence-electron chi connectivity index (χ3n) is 5.02. The van der Waals surface area contributed by atoms with Gasteiger partial charge >= 0.3 is 0 Å². The van der Waals surface area contributed by atoms with Gasteiger partial charge in [0.05, 0.1) is 13.7 Å². The highest BCUT2D eigenvalue weighted by atomic mass is 16.5. The van der Waals surface area contributed by atoms with Gasteiger partial charge in [0.25, 0.3) is 0 Å². The number of anilines is 1. The topological polar surface area (TPSA) is 57.3 Å². The Morgan fingerprint density at radius 3 is 2.33 bits per heavy atom. The third-order valence-corrected chi connectivity index (χ3v) is 5.02. The smallest absolute Gasteiger partial charge is 0.181 e. The Balaban J connectivity index is 1.33. The first-order valence-electron chi connectivity index (χ1n) is 9.31. The van der Waals surface area contributed by atoms with Crippen molar-refractivity contribution in [1.82, 2.24) is 20.1 Å². The summed E-state index contributed by atoms with van der Waals surface area (Å²) in [6.45, 7) is 6.91. The lowest BCUT2D eigenvalue weighted by Gasteiger charge is -2.35. The molecule has 27 heavy (non-hydrogen) atoms. The van der Waals surface area contributed by atoms with Gasteiger partial charge in [0, 0.05) is 37.4 Å². The van der Waals surface area contributed by atoms with Crippen LogP contribution in [0, 0.1) is 6.92 Å². The molecule has 0 radical (unpaired) electrons. The van der Waals surface area contributed by atoms with E-state index in [0.29, 0.717) is 0 Å². The molecular formula is C21H25N5O. The number of nitrogens with zero attached hydrogens (tertiary/aromatic N) is 4. The van der Waals surface area contributed by atoms with E-state index >= 15 is 0 Å². The minimum absolute atomic E-state index is 0.766. The number of hydrogen-bond donors (Lipinski definition) is 1. The molecule has 0 spiro atoms. The van der Waals surface area contributed by atoms with Crippen LogP contribution < -0.4 is 9.64 Å². The second kappa shape index (κ2) is 7.80. The molecule has 0 atom stereocenters. The number of ether oxygens (including phenoxy) is 1. The Hall–Kier alpha value is -2.86. The largest absolute Gasteiger partial charge is 0.497 e. The second-order valence-corrected chi connectivity index (χ2v) is 6.93. The number of aromatic nitrogens is 3. The third kappa shape index (κ3) is 4.11. The molecule has 4 rings (SSSR count). The van der Waals surface area contributed by atoms with Gasteiger partial charge < -0.3 is 9.64 Å². The fraction of sp³-hybridized carbons (Fsp3) is 0.333. The van der Waals surface area contributed by atoms with Crippen molar-refractivity contribution in [3.63, 3.8) is 0 Å². The fourth-order valence-electron chi connectivity index (χ4n) is 3.37. The highest BCUT2D eigenvalue weighted by Gasteiger charge is 2.18. The molecule has 0 aliphatic carbocycles. The SMILES string of the molecule is COc1ccc(N2CCN(Cc3nc(-c4ccc(C)cc4)n[nH]3)CC2)cc1. The molecule has 0 bridgehead atoms. The average molecular weight is 363 g/mol. The molecule has 2 aromatic carbocycles. The van der Waals surface area contributed by atoms with Crippen LogP contribution in [0.5, 0.6) is 5.75 Å². The fourth-order valence-corrected chi connectivity index (χ4v) is 3.37. The van der Waals surface area contributed by atoms with E-state index in [9.17, 15) is 0 Å². The first-order valence-corrected chi connectivity index (χ1v) is 9.31. The van der Waals surface area contributed by atoms with E-state index in [2.05, 4.69) is 68.3 Å². The number of methoxy groups -OCH3 is 1. The van der Waals surface area contributed by atoms with Gasteiger partial charge in [-0.3, -0.25) is 10.00 Å². The van der Waals surface area contributed by atoms with Crippen molar-refractivity contribution >= 4 is 5.69 Å². The van der Waals surface area contributed by atoms with E-state index < -0.39 is 0 Å². The Morgan fingerprint density at radius 1 is 0.963 bits per heavy atom. The van der Waals surface area contributed by atoms with Crippen LogP contribution >= 0.6 is 0 Å². The molecule has 140 valence electrons. The zero-order chi connectivity index (χ0) is 18.6. The summed E-state index contributed by atoms with van der Waals surface area (Å²) in [5, 5.41) is 7.47. The molecule has 3 aromatic rings. The van der Waals surface area contributed by atoms with Gasteiger partial charge in [-0.15, -0.1) is 0 Å². The highest BCUT2D eigenvalue weighted by molar-refractivity contribution is 5.54. The van der Waals surface area contributed by atoms with Crippen LogP contribution in [0.2, 0.25) is 0 Å². The van der Waals surface area contributed by atoms with Gasteiger partial charge in [-0.2, -0.15) is 5.10 Å². The van der Waals surface area contributed by atoms with Crippen LogP contribution in [0.1, 0.15) is 11.4 Å². The second-order valence-electron chi connectivity index (χ2n) is 6.93. The minimum Gasteiger partial charge on any atom is -0.497 e. The molecule has 6 nitrogen and oxygen atoms in total. The molecule has 0 amide bonds. The van der Waals surface area contributed by atoms with E-state index in [1.165, 1.54) is 11.3 Å². The number of hydrogen-bond acceptors (Lipinski definition) is 5. The Kier molecular flexibility index (Phi) is 5.07. The maximum atomic E-state index is 5.24. The van der Waals surface area contributed by atoms with Crippen molar-refractivity contribution in [1.29, 1.82) is 0 Å². The van der Waals surface area contributed by atoms with Crippen molar-refractivity contribution < 1.29 is 4.74 Å². The molecule has 6 heteroatoms. The van der Waals surface area contributed by atoms with Crippen LogP contribution in [0.15, 0.2) is 48.5 Å². The molecular weight excluding hydrogens is 338 g/mol. The van der Waals surface area contributed by atoms with E-state index in [4.69, 9.17) is 4.74 Å². The molecule has 1 aromatic heterocycles. The number of aryl methyl sites for hydroxylation is 1. The maximum Gasteiger partial charge on any atom is 0.181 e. The lowest BCUT2D eigenvalue weighted by Crippen LogP contribution is -2.46. The van der Waals surface area contributed by atoms with E-state index in [-0.39, 0.29) is 0 Å². The Labute approximate surface area is 159 Å². The van der Waals surface area contributed by atoms with E-state index in [1.54, 1.807) is 7.11 Å². The van der Waals surface area contributed by atoms with Crippen molar-refractivity contribution in [3.8, 4) is 17.1 Å². The molecule has 2 heterocycles. The molecule has 1 aliphatic rings. The summed E-state index contributed by atoms with van der Waals surface area (Å²) < 4.78 is 5.24. The number of rotatable bonds is 5. The number of piperazine rings is 1. The highest BCUT2D eigenvalue weighted by Crippen LogP contribution is 2.21. The van der Waals surface area contributed by atoms with Crippen molar-refractivity contribution in [2.75, 3.05) is 38.2 Å². The van der Waals surface area contributed by atoms with Crippen LogP contribution in [0.4, 0.5) is 5.69 Å². The van der Waals surface area contributed by atoms with Crippen LogP contribution in [-0.2, 0) is 6.54 Å². The van der Waals surface area contributed by atoms with Crippen molar-refractivity contribution in [2.24, 2.45) is 0 Å². The lowest BCUT2D eigenvalue weighted by atomic mass is 10.1. The van der Waals surface area contributed by atoms with Crippen LogP contribution in [-0.4, -0.2) is 53.4 Å². The monoisotopic (exact) mass is 363 g/mol. The number of nitrogens with one attached hydrogen (secondary N) is 1.